The van der Waals surface area contributed by atoms with E-state index in [9.17, 15) is 4.79 Å². The number of carbonyl (C=O) groups excluding carboxylic acids is 1. The van der Waals surface area contributed by atoms with Gasteiger partial charge in [-0.25, -0.2) is 0 Å². The third-order valence-corrected chi connectivity index (χ3v) is 5.08. The molecule has 1 amide bonds. The van der Waals surface area contributed by atoms with Crippen molar-refractivity contribution >= 4 is 40.0 Å². The summed E-state index contributed by atoms with van der Waals surface area (Å²) >= 11 is 7.44. The zero-order valence-corrected chi connectivity index (χ0v) is 14.9. The number of hydrogen-bond acceptors (Lipinski definition) is 2. The van der Waals surface area contributed by atoms with Crippen LogP contribution in [0, 0.1) is 0 Å². The van der Waals surface area contributed by atoms with E-state index in [1.807, 2.05) is 43.3 Å². The number of rotatable bonds is 5. The Hall–Kier alpha value is -1.97. The summed E-state index contributed by atoms with van der Waals surface area (Å²) in [6.45, 7) is 1.97. The molecule has 3 rings (SSSR count). The fraction of sp³-hybridized carbons (Fsp3) is 0.150. The first-order valence-electron chi connectivity index (χ1n) is 7.78. The predicted octanol–water partition coefficient (Wildman–Crippen LogP) is 5.46. The van der Waals surface area contributed by atoms with E-state index >= 15 is 0 Å². The third kappa shape index (κ3) is 4.31. The molecule has 0 spiro atoms. The van der Waals surface area contributed by atoms with Crippen molar-refractivity contribution in [1.82, 2.24) is 5.32 Å². The summed E-state index contributed by atoms with van der Waals surface area (Å²) in [5.74, 6) is 0.423. The van der Waals surface area contributed by atoms with Crippen molar-refractivity contribution in [1.29, 1.82) is 0 Å². The number of carbonyl (C=O) groups is 1. The fourth-order valence-corrected chi connectivity index (χ4v) is 3.41. The van der Waals surface area contributed by atoms with Crippen molar-refractivity contribution in [3.05, 3.63) is 77.3 Å². The van der Waals surface area contributed by atoms with Crippen LogP contribution in [0.5, 0.6) is 0 Å². The van der Waals surface area contributed by atoms with Gasteiger partial charge in [0, 0.05) is 9.92 Å². The standard InChI is InChI=1S/C20H18ClNOS/c1-14(15-6-9-18(21)10-7-15)22-20(23)13-24-19-11-8-16-4-2-3-5-17(16)12-19/h2-12,14H,13H2,1H3,(H,22,23)/t14-/m0/s1. The van der Waals surface area contributed by atoms with Crippen molar-refractivity contribution in [3.8, 4) is 0 Å². The molecule has 0 saturated carbocycles. The lowest BCUT2D eigenvalue weighted by atomic mass is 10.1. The number of thioether (sulfide) groups is 1. The van der Waals surface area contributed by atoms with Crippen LogP contribution in [0.2, 0.25) is 5.02 Å². The van der Waals surface area contributed by atoms with Gasteiger partial charge in [-0.2, -0.15) is 0 Å². The van der Waals surface area contributed by atoms with E-state index in [0.29, 0.717) is 10.8 Å². The molecule has 0 heterocycles. The molecular weight excluding hydrogens is 338 g/mol. The Labute approximate surface area is 151 Å². The summed E-state index contributed by atoms with van der Waals surface area (Å²) in [7, 11) is 0. The van der Waals surface area contributed by atoms with Crippen LogP contribution in [0.25, 0.3) is 10.8 Å². The van der Waals surface area contributed by atoms with Crippen LogP contribution in [0.15, 0.2) is 71.6 Å². The lowest BCUT2D eigenvalue weighted by Crippen LogP contribution is -2.28. The summed E-state index contributed by atoms with van der Waals surface area (Å²) in [6.07, 6.45) is 0. The van der Waals surface area contributed by atoms with E-state index in [0.717, 1.165) is 10.5 Å². The zero-order valence-electron chi connectivity index (χ0n) is 13.3. The van der Waals surface area contributed by atoms with Gasteiger partial charge in [-0.3, -0.25) is 4.79 Å². The molecule has 0 aliphatic rings. The largest absolute Gasteiger partial charge is 0.349 e. The molecule has 0 bridgehead atoms. The smallest absolute Gasteiger partial charge is 0.230 e. The van der Waals surface area contributed by atoms with Gasteiger partial charge in [0.15, 0.2) is 0 Å². The summed E-state index contributed by atoms with van der Waals surface area (Å²) in [5, 5.41) is 6.12. The highest BCUT2D eigenvalue weighted by molar-refractivity contribution is 8.00. The molecule has 0 fully saturated rings. The first-order chi connectivity index (χ1) is 11.6. The normalized spacial score (nSPS) is 12.1. The summed E-state index contributed by atoms with van der Waals surface area (Å²) in [5.41, 5.74) is 1.04. The minimum Gasteiger partial charge on any atom is -0.349 e. The Kier molecular flexibility index (Phi) is 5.44. The van der Waals surface area contributed by atoms with Crippen LogP contribution in [-0.4, -0.2) is 11.7 Å². The van der Waals surface area contributed by atoms with Gasteiger partial charge in [-0.05, 0) is 47.5 Å². The second-order valence-electron chi connectivity index (χ2n) is 5.64. The van der Waals surface area contributed by atoms with E-state index < -0.39 is 0 Å². The molecule has 0 saturated heterocycles. The Morgan fingerprint density at radius 3 is 2.50 bits per heavy atom. The van der Waals surface area contributed by atoms with Gasteiger partial charge in [-0.1, -0.05) is 54.1 Å². The first kappa shape index (κ1) is 16.9. The van der Waals surface area contributed by atoms with Crippen LogP contribution >= 0.6 is 23.4 Å². The Balaban J connectivity index is 1.57. The van der Waals surface area contributed by atoms with E-state index in [1.54, 1.807) is 11.8 Å². The Morgan fingerprint density at radius 2 is 1.75 bits per heavy atom. The lowest BCUT2D eigenvalue weighted by Gasteiger charge is -2.14. The van der Waals surface area contributed by atoms with Crippen LogP contribution in [0.1, 0.15) is 18.5 Å². The van der Waals surface area contributed by atoms with Crippen LogP contribution in [0.4, 0.5) is 0 Å². The maximum Gasteiger partial charge on any atom is 0.230 e. The van der Waals surface area contributed by atoms with Gasteiger partial charge in [0.05, 0.1) is 11.8 Å². The number of halogens is 1. The molecule has 0 aliphatic carbocycles. The quantitative estimate of drug-likeness (QED) is 0.615. The highest BCUT2D eigenvalue weighted by atomic mass is 35.5. The van der Waals surface area contributed by atoms with Gasteiger partial charge >= 0.3 is 0 Å². The van der Waals surface area contributed by atoms with Crippen LogP contribution < -0.4 is 5.32 Å². The van der Waals surface area contributed by atoms with E-state index in [2.05, 4.69) is 35.6 Å². The first-order valence-corrected chi connectivity index (χ1v) is 9.14. The van der Waals surface area contributed by atoms with E-state index in [-0.39, 0.29) is 11.9 Å². The van der Waals surface area contributed by atoms with Crippen LogP contribution in [0.3, 0.4) is 0 Å². The second kappa shape index (κ2) is 7.73. The zero-order chi connectivity index (χ0) is 16.9. The van der Waals surface area contributed by atoms with Crippen molar-refractivity contribution < 1.29 is 4.79 Å². The number of benzene rings is 3. The molecule has 0 unspecified atom stereocenters. The molecule has 3 aromatic carbocycles. The SMILES string of the molecule is C[C@H](NC(=O)CSc1ccc2ccccc2c1)c1ccc(Cl)cc1. The van der Waals surface area contributed by atoms with Crippen molar-refractivity contribution in [2.24, 2.45) is 0 Å². The monoisotopic (exact) mass is 355 g/mol. The summed E-state index contributed by atoms with van der Waals surface area (Å²) < 4.78 is 0. The van der Waals surface area contributed by atoms with Gasteiger partial charge in [0.1, 0.15) is 0 Å². The van der Waals surface area contributed by atoms with Crippen molar-refractivity contribution in [3.63, 3.8) is 0 Å². The predicted molar refractivity (Wildman–Crippen MR) is 103 cm³/mol. The minimum absolute atomic E-state index is 0.0237. The molecule has 0 aliphatic heterocycles. The molecular formula is C20H18ClNOS. The molecule has 4 heteroatoms. The Morgan fingerprint density at radius 1 is 1.04 bits per heavy atom. The van der Waals surface area contributed by atoms with E-state index in [1.165, 1.54) is 10.8 Å². The van der Waals surface area contributed by atoms with Crippen molar-refractivity contribution in [2.45, 2.75) is 17.9 Å². The lowest BCUT2D eigenvalue weighted by molar-refractivity contribution is -0.119. The molecule has 2 nitrogen and oxygen atoms in total. The summed E-state index contributed by atoms with van der Waals surface area (Å²) in [4.78, 5) is 13.3. The number of nitrogens with one attached hydrogen (secondary N) is 1. The van der Waals surface area contributed by atoms with Crippen molar-refractivity contribution in [2.75, 3.05) is 5.75 Å². The fourth-order valence-electron chi connectivity index (χ4n) is 2.52. The number of fused-ring (bicyclic) bond motifs is 1. The van der Waals surface area contributed by atoms with Gasteiger partial charge in [-0.15, -0.1) is 11.8 Å². The van der Waals surface area contributed by atoms with Gasteiger partial charge in [0.25, 0.3) is 0 Å². The van der Waals surface area contributed by atoms with Crippen LogP contribution in [-0.2, 0) is 4.79 Å². The average Bonchev–Trinajstić information content (AvgIpc) is 2.60. The second-order valence-corrected chi connectivity index (χ2v) is 7.12. The topological polar surface area (TPSA) is 29.1 Å². The highest BCUT2D eigenvalue weighted by Crippen LogP contribution is 2.24. The molecule has 24 heavy (non-hydrogen) atoms. The highest BCUT2D eigenvalue weighted by Gasteiger charge is 2.10. The molecule has 0 radical (unpaired) electrons. The maximum absolute atomic E-state index is 12.2. The third-order valence-electron chi connectivity index (χ3n) is 3.84. The number of amides is 1. The van der Waals surface area contributed by atoms with E-state index in [4.69, 9.17) is 11.6 Å². The van der Waals surface area contributed by atoms with Gasteiger partial charge < -0.3 is 5.32 Å². The van der Waals surface area contributed by atoms with Gasteiger partial charge in [0.2, 0.25) is 5.91 Å². The molecule has 1 atom stereocenters. The molecule has 1 N–H and O–H groups in total. The molecule has 0 aromatic heterocycles. The average molecular weight is 356 g/mol. The molecule has 3 aromatic rings. The number of hydrogen-bond donors (Lipinski definition) is 1. The maximum atomic E-state index is 12.2. The summed E-state index contributed by atoms with van der Waals surface area (Å²) in [6, 6.07) is 22.0. The Bertz CT molecular complexity index is 848. The molecule has 122 valence electrons. The minimum atomic E-state index is -0.0352.